The normalized spacial score (nSPS) is 0. The molecule has 0 fully saturated rings. The zero-order chi connectivity index (χ0) is 0. The molecule has 18 valence electrons. The molecule has 0 aromatic rings. The van der Waals surface area contributed by atoms with Gasteiger partial charge in [0.25, 0.3) is 0 Å². The van der Waals surface area contributed by atoms with E-state index in [1.165, 1.54) is 0 Å². The largest absolute Gasteiger partial charge is 2.00 e. The molecule has 0 aromatic heterocycles. The molecule has 0 saturated carbocycles. The van der Waals surface area contributed by atoms with E-state index in [0.717, 1.165) is 0 Å². The molecule has 4 heteroatoms. The van der Waals surface area contributed by atoms with Crippen LogP contribution in [0.15, 0.2) is 0 Å². The minimum absolute atomic E-state index is 0. The predicted molar refractivity (Wildman–Crippen MR) is 5.75 cm³/mol. The van der Waals surface area contributed by atoms with E-state index in [1.54, 1.807) is 0 Å². The number of rotatable bonds is 0. The van der Waals surface area contributed by atoms with E-state index in [4.69, 9.17) is 0 Å². The molecule has 0 spiro atoms. The van der Waals surface area contributed by atoms with Gasteiger partial charge in [0.15, 0.2) is 0 Å². The fourth-order valence-electron chi connectivity index (χ4n) is 0. The monoisotopic (exact) mass is 415 g/mol. The Morgan fingerprint density at radius 3 is 1.00 bits per heavy atom. The van der Waals surface area contributed by atoms with Crippen molar-refractivity contribution in [3.63, 3.8) is 0 Å². The summed E-state index contributed by atoms with van der Waals surface area (Å²) in [6.07, 6.45) is 0. The van der Waals surface area contributed by atoms with Crippen LogP contribution in [0.3, 0.4) is 0 Å². The van der Waals surface area contributed by atoms with Crippen molar-refractivity contribution in [2.45, 2.75) is 0 Å². The summed E-state index contributed by atoms with van der Waals surface area (Å²) >= 11 is 0. The third-order valence-electron chi connectivity index (χ3n) is 0. The van der Waals surface area contributed by atoms with E-state index in [9.17, 15) is 0 Å². The molecule has 0 aliphatic rings. The maximum atomic E-state index is 0. The third kappa shape index (κ3) is 8.91. The predicted octanol–water partition coefficient (Wildman–Crippen LogP) is -0.388. The molecule has 0 heterocycles. The molecule has 0 aromatic carbocycles. The maximum absolute atomic E-state index is 0. The first kappa shape index (κ1) is 27.6. The minimum atomic E-state index is 0. The van der Waals surface area contributed by atoms with Gasteiger partial charge in [-0.1, -0.05) is 0 Å². The minimum Gasteiger partial charge on any atom is -2.00 e. The van der Waals surface area contributed by atoms with Crippen LogP contribution in [0.25, 0.3) is 0 Å². The molecular formula is AgCdTeZn+3. The van der Waals surface area contributed by atoms with Gasteiger partial charge >= 0.3 is 69.2 Å². The van der Waals surface area contributed by atoms with Gasteiger partial charge in [0.05, 0.1) is 0 Å². The Kier molecular flexibility index (Phi) is 114. The van der Waals surface area contributed by atoms with Gasteiger partial charge in [-0.3, -0.25) is 0 Å². The molecular weight excluding hydrogens is 413 g/mol. The summed E-state index contributed by atoms with van der Waals surface area (Å²) in [5.41, 5.74) is 0. The van der Waals surface area contributed by atoms with Crippen LogP contribution in [0, 0.1) is 0 Å². The third-order valence-corrected chi connectivity index (χ3v) is 0. The first-order valence-electron chi connectivity index (χ1n) is 0. The van der Waals surface area contributed by atoms with Gasteiger partial charge in [-0.15, -0.1) is 0 Å². The van der Waals surface area contributed by atoms with E-state index in [0.29, 0.717) is 0 Å². The van der Waals surface area contributed by atoms with Gasteiger partial charge < -0.3 is 23.7 Å². The fourth-order valence-corrected chi connectivity index (χ4v) is 0. The summed E-state index contributed by atoms with van der Waals surface area (Å²) < 4.78 is 0. The zero-order valence-corrected chi connectivity index (χ0v) is 12.9. The molecule has 0 saturated heterocycles. The Balaban J connectivity index is 0. The molecule has 0 nitrogen and oxygen atoms in total. The van der Waals surface area contributed by atoms with Crippen molar-refractivity contribution >= 4 is 23.7 Å². The van der Waals surface area contributed by atoms with Crippen molar-refractivity contribution in [3.05, 3.63) is 0 Å². The standard InChI is InChI=1S/Ag.Cd.Te.Zn/q+1;+2;-2;+2. The number of hydrogen-bond donors (Lipinski definition) is 0. The molecule has 0 radical (unpaired) electrons. The number of hydrogen-bond acceptors (Lipinski definition) is 0. The molecule has 4 heavy (non-hydrogen) atoms. The van der Waals surface area contributed by atoms with Crippen LogP contribution in [-0.2, 0) is 69.2 Å². The molecule has 0 aliphatic heterocycles. The van der Waals surface area contributed by atoms with Crippen LogP contribution in [0.1, 0.15) is 0 Å². The van der Waals surface area contributed by atoms with Crippen molar-refractivity contribution in [1.29, 1.82) is 0 Å². The van der Waals surface area contributed by atoms with E-state index in [1.807, 2.05) is 0 Å². The Hall–Kier alpha value is 3.08. The summed E-state index contributed by atoms with van der Waals surface area (Å²) in [4.78, 5) is 0. The summed E-state index contributed by atoms with van der Waals surface area (Å²) in [6, 6.07) is 0. The first-order chi connectivity index (χ1) is 0. The first-order valence-corrected chi connectivity index (χ1v) is 0. The molecule has 0 N–H and O–H groups in total. The summed E-state index contributed by atoms with van der Waals surface area (Å²) in [7, 11) is 0. The van der Waals surface area contributed by atoms with Crippen LogP contribution in [0.4, 0.5) is 0 Å². The summed E-state index contributed by atoms with van der Waals surface area (Å²) in [6.45, 7) is 0. The van der Waals surface area contributed by atoms with E-state index in [2.05, 4.69) is 0 Å². The second-order valence-electron chi connectivity index (χ2n) is 0. The van der Waals surface area contributed by atoms with Gasteiger partial charge in [0.1, 0.15) is 0 Å². The SMILES string of the molecule is [Ag+].[Cd+2].[Te-2].[Zn+2]. The average Bonchev–Trinajstić information content (AvgIpc) is 0. The van der Waals surface area contributed by atoms with Gasteiger partial charge in [-0.05, 0) is 0 Å². The molecule has 0 bridgehead atoms. The average molecular weight is 413 g/mol. The molecule has 0 aliphatic carbocycles. The Bertz CT molecular complexity index is 8.00. The van der Waals surface area contributed by atoms with Gasteiger partial charge in [0.2, 0.25) is 0 Å². The zero-order valence-electron chi connectivity index (χ0n) is 2.12. The van der Waals surface area contributed by atoms with Crippen molar-refractivity contribution in [3.8, 4) is 0 Å². The fraction of sp³-hybridized carbons (Fsp3) is 0. The maximum Gasteiger partial charge on any atom is 2.00 e. The summed E-state index contributed by atoms with van der Waals surface area (Å²) in [5.74, 6) is 0. The topological polar surface area (TPSA) is 0 Å². The molecule has 0 atom stereocenters. The summed E-state index contributed by atoms with van der Waals surface area (Å²) in [5, 5.41) is 0. The van der Waals surface area contributed by atoms with Crippen LogP contribution in [0.5, 0.6) is 0 Å². The Morgan fingerprint density at radius 2 is 1.00 bits per heavy atom. The van der Waals surface area contributed by atoms with Crippen molar-refractivity contribution in [2.24, 2.45) is 0 Å². The molecule has 0 unspecified atom stereocenters. The molecule has 0 rings (SSSR count). The second-order valence-corrected chi connectivity index (χ2v) is 0. The van der Waals surface area contributed by atoms with Crippen LogP contribution in [0.2, 0.25) is 0 Å². The van der Waals surface area contributed by atoms with Gasteiger partial charge in [-0.2, -0.15) is 0 Å². The van der Waals surface area contributed by atoms with Gasteiger partial charge in [-0.25, -0.2) is 0 Å². The molecule has 0 amide bonds. The van der Waals surface area contributed by atoms with Gasteiger partial charge in [0, 0.05) is 0 Å². The quantitative estimate of drug-likeness (QED) is 0.475. The smallest absolute Gasteiger partial charge is 2.00 e. The Morgan fingerprint density at radius 1 is 1.00 bits per heavy atom. The second kappa shape index (κ2) is 16.5. The van der Waals surface area contributed by atoms with Crippen molar-refractivity contribution < 1.29 is 69.2 Å². The van der Waals surface area contributed by atoms with Crippen LogP contribution < -0.4 is 0 Å². The van der Waals surface area contributed by atoms with Crippen molar-refractivity contribution in [2.75, 3.05) is 0 Å². The Labute approximate surface area is 91.0 Å². The van der Waals surface area contributed by atoms with E-state index < -0.39 is 0 Å². The van der Waals surface area contributed by atoms with E-state index >= 15 is 0 Å². The van der Waals surface area contributed by atoms with Crippen LogP contribution in [-0.4, -0.2) is 23.7 Å². The van der Waals surface area contributed by atoms with Crippen LogP contribution >= 0.6 is 0 Å². The van der Waals surface area contributed by atoms with Crippen molar-refractivity contribution in [1.82, 2.24) is 0 Å². The van der Waals surface area contributed by atoms with E-state index in [-0.39, 0.29) is 92.8 Å².